The van der Waals surface area contributed by atoms with Crippen molar-refractivity contribution in [2.75, 3.05) is 46.2 Å². The highest BCUT2D eigenvalue weighted by Crippen LogP contribution is 2.44. The van der Waals surface area contributed by atoms with E-state index in [-0.39, 0.29) is 30.1 Å². The molecule has 4 atom stereocenters. The summed E-state index contributed by atoms with van der Waals surface area (Å²) in [5.74, 6) is 4.18. The number of ether oxygens (including phenoxy) is 7. The van der Waals surface area contributed by atoms with Crippen molar-refractivity contribution >= 4 is 0 Å². The van der Waals surface area contributed by atoms with Crippen molar-refractivity contribution in [3.63, 3.8) is 0 Å². The smallest absolute Gasteiger partial charge is 0.119 e. The quantitative estimate of drug-likeness (QED) is 0.121. The van der Waals surface area contributed by atoms with E-state index >= 15 is 0 Å². The molecule has 3 saturated heterocycles. The molecule has 7 nitrogen and oxygen atoms in total. The van der Waals surface area contributed by atoms with Crippen LogP contribution in [-0.2, 0) is 14.2 Å². The molecule has 1 saturated carbocycles. The van der Waals surface area contributed by atoms with Crippen molar-refractivity contribution in [1.29, 1.82) is 0 Å². The van der Waals surface area contributed by atoms with Crippen LogP contribution in [-0.4, -0.2) is 64.6 Å². The Kier molecular flexibility index (Phi) is 8.53. The first kappa shape index (κ1) is 29.4. The first-order valence-electron chi connectivity index (χ1n) is 16.5. The lowest BCUT2D eigenvalue weighted by Crippen LogP contribution is -2.15. The van der Waals surface area contributed by atoms with Crippen LogP contribution in [0.4, 0.5) is 0 Å². The van der Waals surface area contributed by atoms with Gasteiger partial charge in [0.05, 0.1) is 26.4 Å². The molecule has 0 spiro atoms. The molecule has 46 heavy (non-hydrogen) atoms. The Labute approximate surface area is 270 Å². The Morgan fingerprint density at radius 1 is 0.413 bits per heavy atom. The molecule has 0 aromatic heterocycles. The number of benzene rings is 4. The van der Waals surface area contributed by atoms with Crippen molar-refractivity contribution in [3.8, 4) is 23.0 Å². The predicted molar refractivity (Wildman–Crippen MR) is 173 cm³/mol. The highest BCUT2D eigenvalue weighted by atomic mass is 16.6. The molecular weight excluding hydrogens is 580 g/mol. The summed E-state index contributed by atoms with van der Waals surface area (Å²) in [7, 11) is 0. The van der Waals surface area contributed by atoms with Crippen LogP contribution >= 0.6 is 0 Å². The number of rotatable bonds is 17. The predicted octanol–water partition coefficient (Wildman–Crippen LogP) is 6.77. The first-order chi connectivity index (χ1) is 22.7. The fourth-order valence-electron chi connectivity index (χ4n) is 5.80. The molecule has 1 aliphatic carbocycles. The van der Waals surface area contributed by atoms with Crippen molar-refractivity contribution in [1.82, 2.24) is 0 Å². The molecular formula is C39H40O7. The van der Waals surface area contributed by atoms with E-state index in [4.69, 9.17) is 33.2 Å². The van der Waals surface area contributed by atoms with Gasteiger partial charge in [-0.2, -0.15) is 0 Å². The van der Waals surface area contributed by atoms with Crippen LogP contribution < -0.4 is 18.9 Å². The van der Waals surface area contributed by atoms with Crippen LogP contribution in [0, 0.1) is 5.92 Å². The lowest BCUT2D eigenvalue weighted by molar-refractivity contribution is 0.263. The molecule has 4 aromatic rings. The SMILES string of the molecule is c1cc(C(c2ccc(OCC3CO3)cc2)C(c2ccc(OCC3CO3)cc2)c2ccc(OCC3CO3)cc2)ccc1OCC1CC1. The maximum Gasteiger partial charge on any atom is 0.119 e. The van der Waals surface area contributed by atoms with Crippen molar-refractivity contribution in [2.45, 2.75) is 43.0 Å². The maximum absolute atomic E-state index is 6.11. The Hall–Kier alpha value is -4.04. The Morgan fingerprint density at radius 3 is 0.913 bits per heavy atom. The maximum atomic E-state index is 6.11. The Bertz CT molecular complexity index is 1310. The first-order valence-corrected chi connectivity index (χ1v) is 16.5. The van der Waals surface area contributed by atoms with Gasteiger partial charge in [0.1, 0.15) is 61.1 Å². The van der Waals surface area contributed by atoms with Crippen LogP contribution in [0.25, 0.3) is 0 Å². The molecule has 7 heteroatoms. The third kappa shape index (κ3) is 7.84. The summed E-state index contributed by atoms with van der Waals surface area (Å²) in [6, 6.07) is 34.2. The number of epoxide rings is 3. The van der Waals surface area contributed by atoms with Crippen molar-refractivity contribution < 1.29 is 33.2 Å². The molecule has 4 aromatic carbocycles. The topological polar surface area (TPSA) is 74.5 Å². The number of hydrogen-bond acceptors (Lipinski definition) is 7. The summed E-state index contributed by atoms with van der Waals surface area (Å²) < 4.78 is 40.1. The largest absolute Gasteiger partial charge is 0.493 e. The fourth-order valence-corrected chi connectivity index (χ4v) is 5.80. The molecule has 0 radical (unpaired) electrons. The second-order valence-corrected chi connectivity index (χ2v) is 12.8. The van der Waals surface area contributed by atoms with Gasteiger partial charge in [0.15, 0.2) is 0 Å². The molecule has 238 valence electrons. The van der Waals surface area contributed by atoms with Crippen LogP contribution in [0.3, 0.4) is 0 Å². The highest BCUT2D eigenvalue weighted by molar-refractivity contribution is 5.48. The van der Waals surface area contributed by atoms with Gasteiger partial charge in [0.25, 0.3) is 0 Å². The zero-order valence-electron chi connectivity index (χ0n) is 25.9. The standard InChI is InChI=1S/C39H40O7/c1-2-26(1)19-40-31-11-3-27(4-12-31)38(28-5-13-32(14-6-28)41-20-35-23-44-35)39(29-7-15-33(16-8-29)42-21-36-24-45-36)30-9-17-34(18-10-30)43-22-37-25-46-37/h3-18,26,35-39H,1-2,19-25H2. The minimum absolute atomic E-state index is 0.00601. The Morgan fingerprint density at radius 2 is 0.674 bits per heavy atom. The zero-order valence-corrected chi connectivity index (χ0v) is 25.9. The fraction of sp³-hybridized carbons (Fsp3) is 0.385. The van der Waals surface area contributed by atoms with Gasteiger partial charge in [0, 0.05) is 11.8 Å². The summed E-state index contributed by atoms with van der Waals surface area (Å²) in [4.78, 5) is 0. The van der Waals surface area contributed by atoms with Gasteiger partial charge in [-0.25, -0.2) is 0 Å². The Balaban J connectivity index is 1.13. The van der Waals surface area contributed by atoms with Crippen LogP contribution in [0.2, 0.25) is 0 Å². The van der Waals surface area contributed by atoms with Crippen molar-refractivity contribution in [3.05, 3.63) is 119 Å². The highest BCUT2D eigenvalue weighted by Gasteiger charge is 2.30. The van der Waals surface area contributed by atoms with Gasteiger partial charge < -0.3 is 33.2 Å². The summed E-state index contributed by atoms with van der Waals surface area (Å²) in [5, 5.41) is 0. The van der Waals surface area contributed by atoms with Gasteiger partial charge in [0.2, 0.25) is 0 Å². The second-order valence-electron chi connectivity index (χ2n) is 12.8. The molecule has 4 fully saturated rings. The van der Waals surface area contributed by atoms with E-state index in [0.29, 0.717) is 25.7 Å². The van der Waals surface area contributed by atoms with E-state index in [0.717, 1.165) is 49.4 Å². The van der Waals surface area contributed by atoms with Gasteiger partial charge in [-0.15, -0.1) is 0 Å². The van der Waals surface area contributed by atoms with Gasteiger partial charge in [-0.05, 0) is 89.5 Å². The summed E-state index contributed by atoms with van der Waals surface area (Å²) in [5.41, 5.74) is 4.80. The van der Waals surface area contributed by atoms with E-state index in [9.17, 15) is 0 Å². The lowest BCUT2D eigenvalue weighted by Gasteiger charge is -2.30. The molecule has 3 aliphatic heterocycles. The minimum atomic E-state index is 0.00601. The molecule has 0 bridgehead atoms. The molecule has 4 unspecified atom stereocenters. The lowest BCUT2D eigenvalue weighted by atomic mass is 9.73. The molecule has 0 N–H and O–H groups in total. The molecule has 4 aliphatic rings. The summed E-state index contributed by atoms with van der Waals surface area (Å²) in [6.07, 6.45) is 3.18. The summed E-state index contributed by atoms with van der Waals surface area (Å²) in [6.45, 7) is 4.86. The average molecular weight is 621 g/mol. The second kappa shape index (κ2) is 13.4. The minimum Gasteiger partial charge on any atom is -0.493 e. The third-order valence-electron chi connectivity index (χ3n) is 8.99. The van der Waals surface area contributed by atoms with E-state index in [1.165, 1.54) is 35.1 Å². The molecule has 8 rings (SSSR count). The van der Waals surface area contributed by atoms with Gasteiger partial charge >= 0.3 is 0 Å². The van der Waals surface area contributed by atoms with E-state index in [1.807, 2.05) is 0 Å². The van der Waals surface area contributed by atoms with E-state index in [2.05, 4.69) is 97.1 Å². The summed E-state index contributed by atoms with van der Waals surface area (Å²) >= 11 is 0. The zero-order chi connectivity index (χ0) is 30.7. The molecule has 0 amide bonds. The van der Waals surface area contributed by atoms with Gasteiger partial charge in [-0.1, -0.05) is 48.5 Å². The molecule has 3 heterocycles. The average Bonchev–Trinajstić information content (AvgIpc) is 3.91. The van der Waals surface area contributed by atoms with Crippen LogP contribution in [0.15, 0.2) is 97.1 Å². The van der Waals surface area contributed by atoms with Crippen LogP contribution in [0.1, 0.15) is 46.9 Å². The van der Waals surface area contributed by atoms with Crippen molar-refractivity contribution in [2.24, 2.45) is 5.92 Å². The van der Waals surface area contributed by atoms with E-state index < -0.39 is 0 Å². The number of hydrogen-bond donors (Lipinski definition) is 0. The third-order valence-corrected chi connectivity index (χ3v) is 8.99. The van der Waals surface area contributed by atoms with Crippen LogP contribution in [0.5, 0.6) is 23.0 Å². The normalized spacial score (nSPS) is 22.4. The van der Waals surface area contributed by atoms with E-state index in [1.54, 1.807) is 0 Å². The van der Waals surface area contributed by atoms with Gasteiger partial charge in [-0.3, -0.25) is 0 Å². The monoisotopic (exact) mass is 620 g/mol.